The van der Waals surface area contributed by atoms with Crippen molar-refractivity contribution in [3.05, 3.63) is 29.3 Å². The molecule has 1 aromatic rings. The van der Waals surface area contributed by atoms with Crippen molar-refractivity contribution in [3.63, 3.8) is 0 Å². The predicted molar refractivity (Wildman–Crippen MR) is 82.7 cm³/mol. The molecule has 2 saturated carbocycles. The van der Waals surface area contributed by atoms with E-state index in [0.717, 1.165) is 36.4 Å². The smallest absolute Gasteiger partial charge is 0.338 e. The number of ether oxygens (including phenoxy) is 1. The van der Waals surface area contributed by atoms with Gasteiger partial charge in [0.2, 0.25) is 5.91 Å². The molecule has 3 aliphatic rings. The summed E-state index contributed by atoms with van der Waals surface area (Å²) in [7, 11) is 0. The molecule has 1 N–H and O–H groups in total. The molecular weight excluding hydrogens is 278 g/mol. The van der Waals surface area contributed by atoms with Gasteiger partial charge in [-0.1, -0.05) is 6.07 Å². The van der Waals surface area contributed by atoms with Gasteiger partial charge in [-0.3, -0.25) is 4.79 Å². The van der Waals surface area contributed by atoms with E-state index in [0.29, 0.717) is 17.9 Å². The summed E-state index contributed by atoms with van der Waals surface area (Å²) < 4.78 is 5.68. The second-order valence-corrected chi connectivity index (χ2v) is 6.80. The minimum absolute atomic E-state index is 0.0251. The summed E-state index contributed by atoms with van der Waals surface area (Å²) >= 11 is 0. The number of fused-ring (bicyclic) bond motifs is 1. The highest BCUT2D eigenvalue weighted by atomic mass is 16.5. The van der Waals surface area contributed by atoms with Crippen molar-refractivity contribution in [2.45, 2.75) is 51.0 Å². The zero-order valence-electron chi connectivity index (χ0n) is 12.6. The lowest BCUT2D eigenvalue weighted by molar-refractivity contribution is -0.116. The van der Waals surface area contributed by atoms with Gasteiger partial charge in [0.15, 0.2) is 0 Å². The minimum atomic E-state index is -0.253. The van der Waals surface area contributed by atoms with Crippen LogP contribution in [-0.4, -0.2) is 18.0 Å². The third-order valence-corrected chi connectivity index (χ3v) is 5.22. The van der Waals surface area contributed by atoms with E-state index in [1.165, 1.54) is 19.3 Å². The Morgan fingerprint density at radius 2 is 2.00 bits per heavy atom. The standard InChI is InChI=1S/C18H21NO3/c20-17-3-1-2-12-6-7-13(10-15(12)19-17)18(21)22-16-9-8-14(16)11-4-5-11/h6-7,10-11,14,16H,1-5,8-9H2,(H,19,20). The molecule has 1 aliphatic heterocycles. The molecular formula is C18H21NO3. The molecule has 2 aliphatic carbocycles. The van der Waals surface area contributed by atoms with E-state index in [9.17, 15) is 9.59 Å². The summed E-state index contributed by atoms with van der Waals surface area (Å²) in [6.07, 6.45) is 7.15. The van der Waals surface area contributed by atoms with Crippen molar-refractivity contribution in [2.24, 2.45) is 11.8 Å². The first kappa shape index (κ1) is 13.8. The van der Waals surface area contributed by atoms with Crippen molar-refractivity contribution in [2.75, 3.05) is 5.32 Å². The molecule has 4 heteroatoms. The van der Waals surface area contributed by atoms with Crippen molar-refractivity contribution in [1.29, 1.82) is 0 Å². The Labute approximate surface area is 130 Å². The van der Waals surface area contributed by atoms with Gasteiger partial charge >= 0.3 is 5.97 Å². The van der Waals surface area contributed by atoms with Crippen LogP contribution in [0.15, 0.2) is 18.2 Å². The number of carbonyl (C=O) groups is 2. The van der Waals surface area contributed by atoms with Gasteiger partial charge in [0.05, 0.1) is 5.56 Å². The maximum atomic E-state index is 12.4. The molecule has 1 amide bonds. The van der Waals surface area contributed by atoms with Crippen molar-refractivity contribution >= 4 is 17.6 Å². The normalized spacial score (nSPS) is 27.2. The number of aryl methyl sites for hydroxylation is 1. The number of hydrogen-bond donors (Lipinski definition) is 1. The third kappa shape index (κ3) is 2.62. The lowest BCUT2D eigenvalue weighted by Crippen LogP contribution is -2.37. The number of amides is 1. The van der Waals surface area contributed by atoms with Crippen LogP contribution in [-0.2, 0) is 16.0 Å². The molecule has 4 rings (SSSR count). The Morgan fingerprint density at radius 3 is 2.73 bits per heavy atom. The molecule has 0 spiro atoms. The predicted octanol–water partition coefficient (Wildman–Crippen LogP) is 3.31. The van der Waals surface area contributed by atoms with Gasteiger partial charge in [0.1, 0.15) is 6.10 Å². The Morgan fingerprint density at radius 1 is 1.14 bits per heavy atom. The first-order valence-electron chi connectivity index (χ1n) is 8.34. The summed E-state index contributed by atoms with van der Waals surface area (Å²) in [5.74, 6) is 1.15. The Hall–Kier alpha value is -1.84. The summed E-state index contributed by atoms with van der Waals surface area (Å²) in [6.45, 7) is 0. The number of hydrogen-bond acceptors (Lipinski definition) is 3. The fraction of sp³-hybridized carbons (Fsp3) is 0.556. The zero-order valence-corrected chi connectivity index (χ0v) is 12.6. The van der Waals surface area contributed by atoms with Crippen LogP contribution >= 0.6 is 0 Å². The number of rotatable bonds is 3. The van der Waals surface area contributed by atoms with Crippen LogP contribution in [0.1, 0.15) is 54.4 Å². The first-order valence-corrected chi connectivity index (χ1v) is 8.34. The first-order chi connectivity index (χ1) is 10.7. The molecule has 0 radical (unpaired) electrons. The molecule has 0 saturated heterocycles. The van der Waals surface area contributed by atoms with Gasteiger partial charge in [-0.25, -0.2) is 4.79 Å². The van der Waals surface area contributed by atoms with Gasteiger partial charge < -0.3 is 10.1 Å². The average Bonchev–Trinajstić information content (AvgIpc) is 3.29. The van der Waals surface area contributed by atoms with Crippen molar-refractivity contribution < 1.29 is 14.3 Å². The van der Waals surface area contributed by atoms with Crippen LogP contribution in [0.3, 0.4) is 0 Å². The molecule has 1 aromatic carbocycles. The SMILES string of the molecule is O=C1CCCc2ccc(C(=O)OC3CCC3C3CC3)cc2N1. The van der Waals surface area contributed by atoms with Gasteiger partial charge in [0, 0.05) is 12.1 Å². The van der Waals surface area contributed by atoms with E-state index < -0.39 is 0 Å². The Balaban J connectivity index is 1.47. The van der Waals surface area contributed by atoms with Crippen LogP contribution < -0.4 is 5.32 Å². The van der Waals surface area contributed by atoms with Crippen molar-refractivity contribution in [3.8, 4) is 0 Å². The van der Waals surface area contributed by atoms with E-state index in [2.05, 4.69) is 5.32 Å². The highest BCUT2D eigenvalue weighted by molar-refractivity contribution is 5.96. The average molecular weight is 299 g/mol. The largest absolute Gasteiger partial charge is 0.458 e. The summed E-state index contributed by atoms with van der Waals surface area (Å²) in [5.41, 5.74) is 2.41. The highest BCUT2D eigenvalue weighted by Crippen LogP contribution is 2.48. The maximum absolute atomic E-state index is 12.4. The fourth-order valence-corrected chi connectivity index (χ4v) is 3.60. The topological polar surface area (TPSA) is 55.4 Å². The Bertz CT molecular complexity index is 621. The molecule has 116 valence electrons. The second-order valence-electron chi connectivity index (χ2n) is 6.80. The molecule has 4 nitrogen and oxygen atoms in total. The lowest BCUT2D eigenvalue weighted by atomic mass is 9.78. The molecule has 0 bridgehead atoms. The van der Waals surface area contributed by atoms with Crippen molar-refractivity contribution in [1.82, 2.24) is 0 Å². The van der Waals surface area contributed by atoms with Crippen LogP contribution in [0.2, 0.25) is 0 Å². The van der Waals surface area contributed by atoms with Crippen LogP contribution in [0.25, 0.3) is 0 Å². The summed E-state index contributed by atoms with van der Waals surface area (Å²) in [4.78, 5) is 24.0. The number of esters is 1. The number of carbonyl (C=O) groups excluding carboxylic acids is 2. The minimum Gasteiger partial charge on any atom is -0.458 e. The molecule has 2 unspecified atom stereocenters. The number of nitrogens with one attached hydrogen (secondary N) is 1. The fourth-order valence-electron chi connectivity index (χ4n) is 3.60. The van der Waals surface area contributed by atoms with Gasteiger partial charge in [-0.2, -0.15) is 0 Å². The highest BCUT2D eigenvalue weighted by Gasteiger charge is 2.44. The maximum Gasteiger partial charge on any atom is 0.338 e. The van der Waals surface area contributed by atoms with E-state index in [1.54, 1.807) is 6.07 Å². The second kappa shape index (κ2) is 5.41. The van der Waals surface area contributed by atoms with Gasteiger partial charge in [-0.05, 0) is 68.1 Å². The summed E-state index contributed by atoms with van der Waals surface area (Å²) in [5, 5.41) is 2.89. The van der Waals surface area contributed by atoms with E-state index in [1.807, 2.05) is 12.1 Å². The van der Waals surface area contributed by atoms with Crippen LogP contribution in [0.5, 0.6) is 0 Å². The van der Waals surface area contributed by atoms with E-state index >= 15 is 0 Å². The molecule has 0 aromatic heterocycles. The lowest BCUT2D eigenvalue weighted by Gasteiger charge is -2.36. The van der Waals surface area contributed by atoms with E-state index in [-0.39, 0.29) is 18.0 Å². The molecule has 22 heavy (non-hydrogen) atoms. The molecule has 2 fully saturated rings. The zero-order chi connectivity index (χ0) is 15.1. The Kier molecular flexibility index (Phi) is 3.40. The summed E-state index contributed by atoms with van der Waals surface area (Å²) in [6, 6.07) is 5.53. The quantitative estimate of drug-likeness (QED) is 0.871. The number of anilines is 1. The van der Waals surface area contributed by atoms with Crippen LogP contribution in [0.4, 0.5) is 5.69 Å². The van der Waals surface area contributed by atoms with Gasteiger partial charge in [-0.15, -0.1) is 0 Å². The van der Waals surface area contributed by atoms with E-state index in [4.69, 9.17) is 4.74 Å². The van der Waals surface area contributed by atoms with Crippen LogP contribution in [0, 0.1) is 11.8 Å². The molecule has 1 heterocycles. The third-order valence-electron chi connectivity index (χ3n) is 5.22. The number of benzene rings is 1. The molecule has 2 atom stereocenters. The monoisotopic (exact) mass is 299 g/mol. The van der Waals surface area contributed by atoms with Gasteiger partial charge in [0.25, 0.3) is 0 Å².